The van der Waals surface area contributed by atoms with E-state index >= 15 is 0 Å². The van der Waals surface area contributed by atoms with Crippen LogP contribution in [0.4, 0.5) is 0 Å². The number of benzene rings is 5. The van der Waals surface area contributed by atoms with Gasteiger partial charge in [-0.25, -0.2) is 0 Å². The van der Waals surface area contributed by atoms with Crippen LogP contribution in [-0.4, -0.2) is 25.4 Å². The number of hydrogen-bond acceptors (Lipinski definition) is 5. The number of halogens is 2. The fourth-order valence-corrected chi connectivity index (χ4v) is 6.62. The highest BCUT2D eigenvalue weighted by atomic mass is 79.9. The van der Waals surface area contributed by atoms with Gasteiger partial charge < -0.3 is 24.1 Å². The largest absolute Gasteiger partial charge is 0.508 e. The summed E-state index contributed by atoms with van der Waals surface area (Å²) in [6, 6.07) is 39.4. The normalized spacial score (nSPS) is 12.7. The monoisotopic (exact) mass is 756 g/mol. The predicted octanol–water partition coefficient (Wildman–Crippen LogP) is 10.4. The molecule has 242 valence electrons. The Morgan fingerprint density at radius 2 is 1.40 bits per heavy atom. The highest BCUT2D eigenvalue weighted by Crippen LogP contribution is 2.42. The minimum atomic E-state index is -0.950. The molecule has 0 aliphatic carbocycles. The maximum Gasteiger partial charge on any atom is 0.144 e. The Morgan fingerprint density at radius 1 is 0.745 bits per heavy atom. The SMILES string of the molecule is CC=C(CCOc1ccc(C(OCc2cccc(O)c2)(c2ccccc2)c2ccc(OC)cc2)cc1)COc1ccc(Br)c(CBr)c1. The van der Waals surface area contributed by atoms with Crippen molar-refractivity contribution in [3.05, 3.63) is 165 Å². The van der Waals surface area contributed by atoms with Crippen LogP contribution in [0.3, 0.4) is 0 Å². The molecule has 0 aliphatic heterocycles. The number of alkyl halides is 1. The Labute approximate surface area is 294 Å². The smallest absolute Gasteiger partial charge is 0.144 e. The van der Waals surface area contributed by atoms with Gasteiger partial charge in [-0.15, -0.1) is 0 Å². The number of phenols is 1. The molecule has 0 radical (unpaired) electrons. The van der Waals surface area contributed by atoms with E-state index in [-0.39, 0.29) is 12.4 Å². The number of allylic oxidation sites excluding steroid dienone is 1. The molecule has 5 nitrogen and oxygen atoms in total. The molecule has 0 saturated heterocycles. The van der Waals surface area contributed by atoms with Gasteiger partial charge in [-0.2, -0.15) is 0 Å². The van der Waals surface area contributed by atoms with Gasteiger partial charge in [0.05, 0.1) is 20.3 Å². The van der Waals surface area contributed by atoms with E-state index in [1.54, 1.807) is 19.2 Å². The summed E-state index contributed by atoms with van der Waals surface area (Å²) in [7, 11) is 1.66. The van der Waals surface area contributed by atoms with Gasteiger partial charge in [-0.05, 0) is 94.9 Å². The lowest BCUT2D eigenvalue weighted by atomic mass is 9.80. The maximum atomic E-state index is 10.1. The third-order valence-corrected chi connectivity index (χ3v) is 9.37. The quantitative estimate of drug-likeness (QED) is 0.0655. The first-order chi connectivity index (χ1) is 22.9. The summed E-state index contributed by atoms with van der Waals surface area (Å²) in [6.07, 6.45) is 2.83. The number of ether oxygens (including phenoxy) is 4. The van der Waals surface area contributed by atoms with Crippen molar-refractivity contribution in [1.82, 2.24) is 0 Å². The highest BCUT2D eigenvalue weighted by molar-refractivity contribution is 9.10. The summed E-state index contributed by atoms with van der Waals surface area (Å²) in [5.74, 6) is 2.57. The van der Waals surface area contributed by atoms with Crippen molar-refractivity contribution in [2.45, 2.75) is 30.9 Å². The Bertz CT molecular complexity index is 1750. The molecule has 5 aromatic carbocycles. The van der Waals surface area contributed by atoms with Crippen LogP contribution >= 0.6 is 31.9 Å². The second-order valence-electron chi connectivity index (χ2n) is 11.0. The molecule has 1 N–H and O–H groups in total. The topological polar surface area (TPSA) is 57.2 Å². The molecule has 0 bridgehead atoms. The van der Waals surface area contributed by atoms with Gasteiger partial charge in [-0.1, -0.05) is 105 Å². The third-order valence-electron chi connectivity index (χ3n) is 7.99. The van der Waals surface area contributed by atoms with E-state index in [9.17, 15) is 5.11 Å². The van der Waals surface area contributed by atoms with Gasteiger partial charge >= 0.3 is 0 Å². The van der Waals surface area contributed by atoms with Crippen molar-refractivity contribution in [2.24, 2.45) is 0 Å². The molecular weight excluding hydrogens is 720 g/mol. The van der Waals surface area contributed by atoms with Crippen molar-refractivity contribution in [3.8, 4) is 23.0 Å². The van der Waals surface area contributed by atoms with Gasteiger partial charge in [-0.3, -0.25) is 0 Å². The molecule has 0 saturated carbocycles. The van der Waals surface area contributed by atoms with Crippen molar-refractivity contribution < 1.29 is 24.1 Å². The van der Waals surface area contributed by atoms with E-state index in [0.717, 1.165) is 66.9 Å². The summed E-state index contributed by atoms with van der Waals surface area (Å²) in [5, 5.41) is 10.9. The molecule has 5 rings (SSSR count). The van der Waals surface area contributed by atoms with Gasteiger partial charge in [0.2, 0.25) is 0 Å². The number of hydrogen-bond donors (Lipinski definition) is 1. The van der Waals surface area contributed by atoms with E-state index in [1.807, 2.05) is 91.9 Å². The van der Waals surface area contributed by atoms with Crippen molar-refractivity contribution >= 4 is 31.9 Å². The summed E-state index contributed by atoms with van der Waals surface area (Å²) in [6.45, 7) is 3.32. The molecule has 0 spiro atoms. The lowest BCUT2D eigenvalue weighted by molar-refractivity contribution is 0.000120. The molecule has 0 aromatic heterocycles. The zero-order valence-electron chi connectivity index (χ0n) is 26.5. The van der Waals surface area contributed by atoms with Crippen molar-refractivity contribution in [2.75, 3.05) is 20.3 Å². The molecule has 0 aliphatic rings. The summed E-state index contributed by atoms with van der Waals surface area (Å²) in [5.41, 5.74) is 5.09. The predicted molar refractivity (Wildman–Crippen MR) is 195 cm³/mol. The zero-order chi connectivity index (χ0) is 33.1. The maximum absolute atomic E-state index is 10.1. The molecule has 1 unspecified atom stereocenters. The first-order valence-corrected chi connectivity index (χ1v) is 17.3. The van der Waals surface area contributed by atoms with Crippen molar-refractivity contribution in [3.63, 3.8) is 0 Å². The summed E-state index contributed by atoms with van der Waals surface area (Å²) < 4.78 is 25.7. The standard InChI is InChI=1S/C40H38Br2O5/c1-3-29(27-46-38-20-21-39(42)31(25-38)26-41)22-23-45-37-18-14-34(15-19-37)40(32-9-5-4-6-10-32,33-12-16-36(44-2)17-13-33)47-28-30-8-7-11-35(43)24-30/h3-21,24-25,43H,22-23,26-28H2,1-2H3. The Morgan fingerprint density at radius 3 is 2.04 bits per heavy atom. The highest BCUT2D eigenvalue weighted by Gasteiger charge is 2.38. The lowest BCUT2D eigenvalue weighted by Gasteiger charge is -2.36. The van der Waals surface area contributed by atoms with Crippen molar-refractivity contribution in [1.29, 1.82) is 0 Å². The Kier molecular flexibility index (Phi) is 12.2. The second-order valence-corrected chi connectivity index (χ2v) is 12.4. The van der Waals surface area contributed by atoms with Gasteiger partial charge in [0.25, 0.3) is 0 Å². The number of methoxy groups -OCH3 is 1. The van der Waals surface area contributed by atoms with E-state index in [2.05, 4.69) is 62.2 Å². The van der Waals surface area contributed by atoms with Crippen LogP contribution in [-0.2, 0) is 22.3 Å². The van der Waals surface area contributed by atoms with Gasteiger partial charge in [0.15, 0.2) is 0 Å². The minimum absolute atomic E-state index is 0.201. The van der Waals surface area contributed by atoms with Gasteiger partial charge in [0, 0.05) is 16.2 Å². The first kappa shape index (κ1) is 34.3. The molecule has 47 heavy (non-hydrogen) atoms. The zero-order valence-corrected chi connectivity index (χ0v) is 29.7. The van der Waals surface area contributed by atoms with Crippen LogP contribution in [0.15, 0.2) is 137 Å². The molecule has 0 heterocycles. The molecule has 0 fully saturated rings. The van der Waals surface area contributed by atoms with Gasteiger partial charge in [0.1, 0.15) is 35.2 Å². The average Bonchev–Trinajstić information content (AvgIpc) is 3.12. The van der Waals surface area contributed by atoms with Crippen LogP contribution in [0, 0.1) is 0 Å². The molecule has 1 atom stereocenters. The van der Waals surface area contributed by atoms with Crippen LogP contribution in [0.1, 0.15) is 41.2 Å². The molecule has 0 amide bonds. The van der Waals surface area contributed by atoms with E-state index in [4.69, 9.17) is 18.9 Å². The summed E-state index contributed by atoms with van der Waals surface area (Å²) >= 11 is 7.09. The summed E-state index contributed by atoms with van der Waals surface area (Å²) in [4.78, 5) is 0. The molecule has 7 heteroatoms. The third kappa shape index (κ3) is 8.66. The second kappa shape index (κ2) is 16.7. The van der Waals surface area contributed by atoms with E-state index < -0.39 is 5.60 Å². The molecular formula is C40H38Br2O5. The number of aromatic hydroxyl groups is 1. The van der Waals surface area contributed by atoms with Crippen LogP contribution in [0.2, 0.25) is 0 Å². The van der Waals surface area contributed by atoms with Crippen LogP contribution in [0.25, 0.3) is 0 Å². The fourth-order valence-electron chi connectivity index (χ4n) is 5.39. The minimum Gasteiger partial charge on any atom is -0.508 e. The first-order valence-electron chi connectivity index (χ1n) is 15.4. The lowest BCUT2D eigenvalue weighted by Crippen LogP contribution is -2.32. The fraction of sp³-hybridized carbons (Fsp3) is 0.200. The Hall–Kier alpha value is -4.04. The van der Waals surface area contributed by atoms with Crippen LogP contribution in [0.5, 0.6) is 23.0 Å². The number of rotatable bonds is 15. The van der Waals surface area contributed by atoms with E-state index in [0.29, 0.717) is 13.2 Å². The van der Waals surface area contributed by atoms with E-state index in [1.165, 1.54) is 0 Å². The Balaban J connectivity index is 1.35. The number of phenolic OH excluding ortho intramolecular Hbond substituents is 1. The van der Waals surface area contributed by atoms with Crippen LogP contribution < -0.4 is 14.2 Å². The molecule has 5 aromatic rings. The average molecular weight is 759 g/mol.